The molecule has 1 aromatic heterocycles. The van der Waals surface area contributed by atoms with Gasteiger partial charge in [0.2, 0.25) is 0 Å². The third-order valence-electron chi connectivity index (χ3n) is 2.61. The van der Waals surface area contributed by atoms with E-state index in [9.17, 15) is 4.79 Å². The molecule has 0 aromatic carbocycles. The van der Waals surface area contributed by atoms with Crippen molar-refractivity contribution in [3.05, 3.63) is 16.1 Å². The van der Waals surface area contributed by atoms with Gasteiger partial charge in [0, 0.05) is 31.3 Å². The van der Waals surface area contributed by atoms with Gasteiger partial charge in [0.05, 0.1) is 10.7 Å². The molecule has 1 N–H and O–H groups in total. The molecule has 0 unspecified atom stereocenters. The molecule has 1 aliphatic heterocycles. The molecule has 0 saturated carbocycles. The van der Waals surface area contributed by atoms with E-state index >= 15 is 0 Å². The molecule has 0 atom stereocenters. The Morgan fingerprint density at radius 2 is 2.25 bits per heavy atom. The number of carbonyl (C=O) groups excluding carboxylic acids is 1. The minimum absolute atomic E-state index is 0.0265. The van der Waals surface area contributed by atoms with E-state index in [1.54, 1.807) is 10.3 Å². The second kappa shape index (κ2) is 4.61. The molecule has 0 aliphatic carbocycles. The van der Waals surface area contributed by atoms with E-state index in [1.165, 1.54) is 11.3 Å². The number of nitrogens with zero attached hydrogens (tertiary/aromatic N) is 3. The van der Waals surface area contributed by atoms with Crippen molar-refractivity contribution < 1.29 is 10.0 Å². The first kappa shape index (κ1) is 11.1. The molecule has 1 amide bonds. The molecule has 16 heavy (non-hydrogen) atoms. The van der Waals surface area contributed by atoms with Crippen LogP contribution in [-0.4, -0.2) is 39.8 Å². The summed E-state index contributed by atoms with van der Waals surface area (Å²) in [6.45, 7) is 3.10. The van der Waals surface area contributed by atoms with Gasteiger partial charge in [-0.2, -0.15) is 0 Å². The number of amides is 1. The van der Waals surface area contributed by atoms with E-state index in [2.05, 4.69) is 10.1 Å². The summed E-state index contributed by atoms with van der Waals surface area (Å²) in [5.41, 5.74) is 1.28. The average molecular weight is 239 g/mol. The highest BCUT2D eigenvalue weighted by Crippen LogP contribution is 2.14. The quantitative estimate of drug-likeness (QED) is 0.597. The van der Waals surface area contributed by atoms with E-state index in [-0.39, 0.29) is 5.91 Å². The van der Waals surface area contributed by atoms with Crippen molar-refractivity contribution in [2.45, 2.75) is 19.8 Å². The number of aryl methyl sites for hydroxylation is 1. The number of hydrogen-bond acceptors (Lipinski definition) is 5. The van der Waals surface area contributed by atoms with Crippen LogP contribution in [0.3, 0.4) is 0 Å². The van der Waals surface area contributed by atoms with Gasteiger partial charge in [0.15, 0.2) is 0 Å². The zero-order valence-corrected chi connectivity index (χ0v) is 9.83. The van der Waals surface area contributed by atoms with Crippen molar-refractivity contribution >= 4 is 23.0 Å². The molecular weight excluding hydrogens is 226 g/mol. The van der Waals surface area contributed by atoms with Gasteiger partial charge in [-0.25, -0.2) is 4.98 Å². The minimum Gasteiger partial charge on any atom is -0.411 e. The molecule has 0 spiro atoms. The number of rotatable bonds is 1. The Morgan fingerprint density at radius 3 is 2.75 bits per heavy atom. The van der Waals surface area contributed by atoms with Crippen molar-refractivity contribution in [3.8, 4) is 0 Å². The van der Waals surface area contributed by atoms with Crippen LogP contribution < -0.4 is 0 Å². The highest BCUT2D eigenvalue weighted by atomic mass is 32.1. The lowest BCUT2D eigenvalue weighted by Crippen LogP contribution is -2.38. The second-order valence-corrected chi connectivity index (χ2v) is 4.77. The van der Waals surface area contributed by atoms with Crippen molar-refractivity contribution in [3.63, 3.8) is 0 Å². The van der Waals surface area contributed by atoms with Crippen molar-refractivity contribution in [1.82, 2.24) is 9.88 Å². The van der Waals surface area contributed by atoms with E-state index in [1.807, 2.05) is 6.92 Å². The third-order valence-corrected chi connectivity index (χ3v) is 3.38. The summed E-state index contributed by atoms with van der Waals surface area (Å²) in [5, 5.41) is 14.5. The van der Waals surface area contributed by atoms with E-state index in [0.29, 0.717) is 31.6 Å². The SMILES string of the molecule is Cc1nc(C(=O)N2CCC(=NO)CC2)cs1. The van der Waals surface area contributed by atoms with Gasteiger partial charge in [-0.1, -0.05) is 5.16 Å². The van der Waals surface area contributed by atoms with E-state index < -0.39 is 0 Å². The Hall–Kier alpha value is -1.43. The molecule has 1 aliphatic rings. The number of thiazole rings is 1. The average Bonchev–Trinajstić information content (AvgIpc) is 2.75. The van der Waals surface area contributed by atoms with E-state index in [4.69, 9.17) is 5.21 Å². The maximum atomic E-state index is 12.0. The Balaban J connectivity index is 2.02. The van der Waals surface area contributed by atoms with Gasteiger partial charge in [-0.15, -0.1) is 11.3 Å². The smallest absolute Gasteiger partial charge is 0.273 e. The van der Waals surface area contributed by atoms with Crippen LogP contribution >= 0.6 is 11.3 Å². The molecule has 0 radical (unpaired) electrons. The van der Waals surface area contributed by atoms with Crippen LogP contribution in [0.25, 0.3) is 0 Å². The van der Waals surface area contributed by atoms with Crippen LogP contribution in [0.1, 0.15) is 28.3 Å². The normalized spacial score (nSPS) is 16.3. The number of likely N-dealkylation sites (tertiary alicyclic amines) is 1. The fraction of sp³-hybridized carbons (Fsp3) is 0.500. The predicted molar refractivity (Wildman–Crippen MR) is 61.2 cm³/mol. The molecule has 6 heteroatoms. The topological polar surface area (TPSA) is 65.8 Å². The first-order valence-electron chi connectivity index (χ1n) is 5.12. The third kappa shape index (κ3) is 2.21. The Morgan fingerprint density at radius 1 is 1.56 bits per heavy atom. The van der Waals surface area contributed by atoms with Crippen LogP contribution in [0.4, 0.5) is 0 Å². The van der Waals surface area contributed by atoms with Crippen LogP contribution in [-0.2, 0) is 0 Å². The van der Waals surface area contributed by atoms with E-state index in [0.717, 1.165) is 10.7 Å². The lowest BCUT2D eigenvalue weighted by molar-refractivity contribution is 0.0748. The molecule has 2 heterocycles. The highest BCUT2D eigenvalue weighted by molar-refractivity contribution is 7.09. The Kier molecular flexibility index (Phi) is 3.19. The lowest BCUT2D eigenvalue weighted by atomic mass is 10.1. The van der Waals surface area contributed by atoms with Gasteiger partial charge >= 0.3 is 0 Å². The zero-order valence-electron chi connectivity index (χ0n) is 9.01. The van der Waals surface area contributed by atoms with Crippen molar-refractivity contribution in [2.75, 3.05) is 13.1 Å². The van der Waals surface area contributed by atoms with Crippen LogP contribution in [0.5, 0.6) is 0 Å². The van der Waals surface area contributed by atoms with Gasteiger partial charge in [-0.05, 0) is 6.92 Å². The summed E-state index contributed by atoms with van der Waals surface area (Å²) in [5.74, 6) is -0.0265. The second-order valence-electron chi connectivity index (χ2n) is 3.71. The summed E-state index contributed by atoms with van der Waals surface area (Å²) in [6, 6.07) is 0. The number of piperidine rings is 1. The monoisotopic (exact) mass is 239 g/mol. The largest absolute Gasteiger partial charge is 0.411 e. The molecule has 1 fully saturated rings. The molecule has 0 bridgehead atoms. The standard InChI is InChI=1S/C10H13N3O2S/c1-7-11-9(6-16-7)10(14)13-4-2-8(12-15)3-5-13/h6,15H,2-5H2,1H3. The molecule has 1 saturated heterocycles. The number of hydrogen-bond donors (Lipinski definition) is 1. The van der Waals surface area contributed by atoms with Gasteiger partial charge in [-0.3, -0.25) is 4.79 Å². The molecule has 86 valence electrons. The molecular formula is C10H13N3O2S. The van der Waals surface area contributed by atoms with Crippen LogP contribution in [0, 0.1) is 6.92 Å². The summed E-state index contributed by atoms with van der Waals surface area (Å²) in [7, 11) is 0. The first-order chi connectivity index (χ1) is 7.70. The predicted octanol–water partition coefficient (Wildman–Crippen LogP) is 1.52. The summed E-state index contributed by atoms with van der Waals surface area (Å²) in [6.07, 6.45) is 1.29. The van der Waals surface area contributed by atoms with Gasteiger partial charge in [0.1, 0.15) is 5.69 Å². The minimum atomic E-state index is -0.0265. The van der Waals surface area contributed by atoms with Crippen LogP contribution in [0.15, 0.2) is 10.5 Å². The molecule has 2 rings (SSSR count). The molecule has 5 nitrogen and oxygen atoms in total. The number of oxime groups is 1. The fourth-order valence-corrected chi connectivity index (χ4v) is 2.28. The highest BCUT2D eigenvalue weighted by Gasteiger charge is 2.22. The Labute approximate surface area is 97.4 Å². The number of carbonyl (C=O) groups is 1. The van der Waals surface area contributed by atoms with Gasteiger partial charge in [0.25, 0.3) is 5.91 Å². The first-order valence-corrected chi connectivity index (χ1v) is 6.00. The van der Waals surface area contributed by atoms with Gasteiger partial charge < -0.3 is 10.1 Å². The van der Waals surface area contributed by atoms with Crippen molar-refractivity contribution in [1.29, 1.82) is 0 Å². The maximum absolute atomic E-state index is 12.0. The Bertz CT molecular complexity index is 417. The fourth-order valence-electron chi connectivity index (χ4n) is 1.69. The summed E-state index contributed by atoms with van der Waals surface area (Å²) >= 11 is 1.48. The molecule has 1 aromatic rings. The van der Waals surface area contributed by atoms with Crippen LogP contribution in [0.2, 0.25) is 0 Å². The summed E-state index contributed by atoms with van der Waals surface area (Å²) < 4.78 is 0. The zero-order chi connectivity index (χ0) is 11.5. The number of aromatic nitrogens is 1. The lowest BCUT2D eigenvalue weighted by Gasteiger charge is -2.26. The summed E-state index contributed by atoms with van der Waals surface area (Å²) in [4.78, 5) is 17.9. The maximum Gasteiger partial charge on any atom is 0.273 e. The van der Waals surface area contributed by atoms with Crippen molar-refractivity contribution in [2.24, 2.45) is 5.16 Å².